The van der Waals surface area contributed by atoms with E-state index in [1.807, 2.05) is 67.3 Å². The number of aryl methyl sites for hydroxylation is 2. The van der Waals surface area contributed by atoms with Gasteiger partial charge in [-0.3, -0.25) is 14.9 Å². The highest BCUT2D eigenvalue weighted by Crippen LogP contribution is 2.46. The molecule has 0 saturated heterocycles. The van der Waals surface area contributed by atoms with E-state index in [-0.39, 0.29) is 17.7 Å². The summed E-state index contributed by atoms with van der Waals surface area (Å²) in [6.07, 6.45) is 5.57. The van der Waals surface area contributed by atoms with E-state index in [2.05, 4.69) is 22.1 Å². The molecule has 5 rings (SSSR count). The van der Waals surface area contributed by atoms with E-state index in [4.69, 9.17) is 4.74 Å². The molecule has 2 aromatic heterocycles. The fraction of sp³-hybridized carbons (Fsp3) is 0.276. The first-order valence-electron chi connectivity index (χ1n) is 12.3. The standard InChI is InChI=1S/C29H30N4O3/c1-4-5-13-36-22-10-8-21(9-11-22)27-24-25(23-15-18(2)14-19(3)28(23)34)31-32-26(24)29(35)33(27)17-20-7-6-12-30-16-20/h6-12,14-16,27,34H,4-5,13,17H2,1-3H3,(H,31,32). The molecule has 3 heterocycles. The van der Waals surface area contributed by atoms with E-state index >= 15 is 0 Å². The molecule has 0 saturated carbocycles. The van der Waals surface area contributed by atoms with Crippen molar-refractivity contribution in [2.45, 2.75) is 46.2 Å². The van der Waals surface area contributed by atoms with Crippen molar-refractivity contribution in [3.8, 4) is 22.8 Å². The van der Waals surface area contributed by atoms with Crippen LogP contribution in [-0.4, -0.2) is 37.7 Å². The molecule has 2 aromatic carbocycles. The lowest BCUT2D eigenvalue weighted by Crippen LogP contribution is -2.29. The fourth-order valence-corrected chi connectivity index (χ4v) is 4.82. The number of rotatable bonds is 8. The van der Waals surface area contributed by atoms with Crippen LogP contribution in [0, 0.1) is 13.8 Å². The highest BCUT2D eigenvalue weighted by Gasteiger charge is 2.42. The highest BCUT2D eigenvalue weighted by atomic mass is 16.5. The second-order valence-corrected chi connectivity index (χ2v) is 9.31. The van der Waals surface area contributed by atoms with Gasteiger partial charge in [0, 0.05) is 30.1 Å². The minimum absolute atomic E-state index is 0.134. The molecule has 0 radical (unpaired) electrons. The van der Waals surface area contributed by atoms with E-state index in [0.717, 1.165) is 46.4 Å². The van der Waals surface area contributed by atoms with Crippen molar-refractivity contribution in [2.24, 2.45) is 0 Å². The number of aromatic amines is 1. The minimum atomic E-state index is -0.383. The van der Waals surface area contributed by atoms with Gasteiger partial charge in [0.15, 0.2) is 0 Å². The number of carbonyl (C=O) groups excluding carboxylic acids is 1. The number of aromatic nitrogens is 3. The van der Waals surface area contributed by atoms with Crippen molar-refractivity contribution in [2.75, 3.05) is 6.61 Å². The number of phenols is 1. The number of carbonyl (C=O) groups is 1. The Hall–Kier alpha value is -4.13. The Morgan fingerprint density at radius 3 is 2.67 bits per heavy atom. The molecule has 0 bridgehead atoms. The zero-order valence-corrected chi connectivity index (χ0v) is 20.8. The fourth-order valence-electron chi connectivity index (χ4n) is 4.82. The molecule has 1 aliphatic heterocycles. The second kappa shape index (κ2) is 9.85. The summed E-state index contributed by atoms with van der Waals surface area (Å²) in [4.78, 5) is 19.7. The maximum Gasteiger partial charge on any atom is 0.273 e. The first kappa shape index (κ1) is 23.6. The van der Waals surface area contributed by atoms with Crippen molar-refractivity contribution in [3.63, 3.8) is 0 Å². The number of H-pyrrole nitrogens is 1. The number of pyridine rings is 1. The van der Waals surface area contributed by atoms with Crippen LogP contribution in [-0.2, 0) is 6.54 Å². The summed E-state index contributed by atoms with van der Waals surface area (Å²) in [6.45, 7) is 7.05. The zero-order valence-electron chi connectivity index (χ0n) is 20.8. The van der Waals surface area contributed by atoms with Gasteiger partial charge in [-0.1, -0.05) is 37.6 Å². The number of unbranched alkanes of at least 4 members (excludes halogenated alkanes) is 1. The lowest BCUT2D eigenvalue weighted by Gasteiger charge is -2.26. The summed E-state index contributed by atoms with van der Waals surface area (Å²) in [5.41, 5.74) is 6.08. The Bertz CT molecular complexity index is 1380. The number of phenolic OH excluding ortho intramolecular Hbond substituents is 1. The van der Waals surface area contributed by atoms with E-state index in [9.17, 15) is 9.90 Å². The van der Waals surface area contributed by atoms with Gasteiger partial charge in [-0.25, -0.2) is 0 Å². The van der Waals surface area contributed by atoms with Crippen LogP contribution in [0.3, 0.4) is 0 Å². The average Bonchev–Trinajstić information content (AvgIpc) is 3.42. The molecule has 36 heavy (non-hydrogen) atoms. The lowest BCUT2D eigenvalue weighted by molar-refractivity contribution is 0.0730. The van der Waals surface area contributed by atoms with Gasteiger partial charge in [0.2, 0.25) is 0 Å². The predicted molar refractivity (Wildman–Crippen MR) is 138 cm³/mol. The first-order chi connectivity index (χ1) is 17.5. The predicted octanol–water partition coefficient (Wildman–Crippen LogP) is 5.72. The van der Waals surface area contributed by atoms with E-state index < -0.39 is 0 Å². The topological polar surface area (TPSA) is 91.3 Å². The van der Waals surface area contributed by atoms with Crippen LogP contribution in [0.5, 0.6) is 11.5 Å². The molecule has 0 aliphatic carbocycles. The first-order valence-corrected chi connectivity index (χ1v) is 12.3. The second-order valence-electron chi connectivity index (χ2n) is 9.31. The van der Waals surface area contributed by atoms with E-state index in [1.165, 1.54) is 0 Å². The Labute approximate surface area is 210 Å². The van der Waals surface area contributed by atoms with Gasteiger partial charge in [-0.2, -0.15) is 5.10 Å². The van der Waals surface area contributed by atoms with Gasteiger partial charge in [-0.15, -0.1) is 0 Å². The molecule has 1 atom stereocenters. The van der Waals surface area contributed by atoms with Gasteiger partial charge in [0.1, 0.15) is 22.9 Å². The summed E-state index contributed by atoms with van der Waals surface area (Å²) < 4.78 is 5.86. The molecular weight excluding hydrogens is 452 g/mol. The number of hydrogen-bond donors (Lipinski definition) is 2. The van der Waals surface area contributed by atoms with Crippen molar-refractivity contribution < 1.29 is 14.6 Å². The maximum absolute atomic E-state index is 13.6. The molecule has 0 spiro atoms. The highest BCUT2D eigenvalue weighted by molar-refractivity contribution is 6.00. The van der Waals surface area contributed by atoms with Gasteiger partial charge < -0.3 is 14.7 Å². The van der Waals surface area contributed by atoms with Crippen LogP contribution >= 0.6 is 0 Å². The molecule has 1 unspecified atom stereocenters. The Morgan fingerprint density at radius 2 is 1.94 bits per heavy atom. The number of nitrogens with one attached hydrogen (secondary N) is 1. The smallest absolute Gasteiger partial charge is 0.273 e. The number of benzene rings is 2. The van der Waals surface area contributed by atoms with Gasteiger partial charge in [0.25, 0.3) is 5.91 Å². The number of ether oxygens (including phenoxy) is 1. The molecule has 1 aliphatic rings. The average molecular weight is 483 g/mol. The normalized spacial score (nSPS) is 14.8. The molecule has 4 aromatic rings. The van der Waals surface area contributed by atoms with Gasteiger partial charge >= 0.3 is 0 Å². The molecular formula is C29H30N4O3. The number of nitrogens with zero attached hydrogens (tertiary/aromatic N) is 3. The Kier molecular flexibility index (Phi) is 6.46. The molecule has 1 amide bonds. The van der Waals surface area contributed by atoms with E-state index in [1.54, 1.807) is 12.4 Å². The number of hydrogen-bond acceptors (Lipinski definition) is 5. The lowest BCUT2D eigenvalue weighted by atomic mass is 9.94. The molecule has 7 nitrogen and oxygen atoms in total. The van der Waals surface area contributed by atoms with Crippen LogP contribution in [0.2, 0.25) is 0 Å². The van der Waals surface area contributed by atoms with Crippen LogP contribution in [0.1, 0.15) is 64.1 Å². The van der Waals surface area contributed by atoms with Crippen molar-refractivity contribution in [1.29, 1.82) is 0 Å². The molecule has 2 N–H and O–H groups in total. The molecule has 0 fully saturated rings. The summed E-state index contributed by atoms with van der Waals surface area (Å²) in [5, 5.41) is 18.4. The third-order valence-electron chi connectivity index (χ3n) is 6.60. The van der Waals surface area contributed by atoms with Crippen LogP contribution in [0.4, 0.5) is 0 Å². The SMILES string of the molecule is CCCCOc1ccc(C2c3c(-c4cc(C)cc(C)c4O)n[nH]c3C(=O)N2Cc2cccnc2)cc1. The number of amides is 1. The zero-order chi connectivity index (χ0) is 25.2. The summed E-state index contributed by atoms with van der Waals surface area (Å²) in [6, 6.07) is 15.2. The number of fused-ring (bicyclic) bond motifs is 1. The van der Waals surface area contributed by atoms with E-state index in [0.29, 0.717) is 30.1 Å². The largest absolute Gasteiger partial charge is 0.507 e. The maximum atomic E-state index is 13.6. The Morgan fingerprint density at radius 1 is 1.14 bits per heavy atom. The Balaban J connectivity index is 1.60. The van der Waals surface area contributed by atoms with Crippen molar-refractivity contribution in [3.05, 3.63) is 94.4 Å². The third-order valence-corrected chi connectivity index (χ3v) is 6.60. The molecule has 7 heteroatoms. The summed E-state index contributed by atoms with van der Waals surface area (Å²) >= 11 is 0. The third kappa shape index (κ3) is 4.33. The van der Waals surface area contributed by atoms with Gasteiger partial charge in [-0.05, 0) is 66.8 Å². The van der Waals surface area contributed by atoms with Crippen molar-refractivity contribution in [1.82, 2.24) is 20.1 Å². The quantitative estimate of drug-likeness (QED) is 0.314. The monoisotopic (exact) mass is 482 g/mol. The molecule has 184 valence electrons. The van der Waals surface area contributed by atoms with Crippen LogP contribution in [0.25, 0.3) is 11.3 Å². The van der Waals surface area contributed by atoms with Crippen LogP contribution in [0.15, 0.2) is 60.9 Å². The number of aromatic hydroxyl groups is 1. The van der Waals surface area contributed by atoms with Crippen LogP contribution < -0.4 is 4.74 Å². The summed E-state index contributed by atoms with van der Waals surface area (Å²) in [7, 11) is 0. The van der Waals surface area contributed by atoms with Crippen molar-refractivity contribution >= 4 is 5.91 Å². The summed E-state index contributed by atoms with van der Waals surface area (Å²) in [5.74, 6) is 0.839. The minimum Gasteiger partial charge on any atom is -0.507 e. The van der Waals surface area contributed by atoms with Gasteiger partial charge in [0.05, 0.1) is 12.6 Å².